The number of hydrogen-bond acceptors (Lipinski definition) is 4. The molecule has 0 radical (unpaired) electrons. The molecular weight excluding hydrogens is 447 g/mol. The van der Waals surface area contributed by atoms with Gasteiger partial charge in [-0.1, -0.05) is 42.5 Å². The van der Waals surface area contributed by atoms with Crippen molar-refractivity contribution in [1.82, 2.24) is 0 Å². The molecular formula is C29H25FO5. The van der Waals surface area contributed by atoms with Gasteiger partial charge in [-0.15, -0.1) is 0 Å². The molecule has 1 heterocycles. The number of aromatic carboxylic acids is 1. The first-order valence-corrected chi connectivity index (χ1v) is 11.6. The van der Waals surface area contributed by atoms with Gasteiger partial charge in [0.25, 0.3) is 0 Å². The molecule has 5 nitrogen and oxygen atoms in total. The Labute approximate surface area is 202 Å². The summed E-state index contributed by atoms with van der Waals surface area (Å²) in [5.74, 6) is -0.840. The first kappa shape index (κ1) is 23.0. The Bertz CT molecular complexity index is 1370. The van der Waals surface area contributed by atoms with Crippen molar-refractivity contribution in [3.8, 4) is 16.9 Å². The fourth-order valence-corrected chi connectivity index (χ4v) is 4.56. The Morgan fingerprint density at radius 3 is 2.60 bits per heavy atom. The number of carbonyl (C=O) groups is 1. The van der Waals surface area contributed by atoms with Crippen molar-refractivity contribution >= 4 is 16.7 Å². The van der Waals surface area contributed by atoms with Crippen molar-refractivity contribution in [2.75, 3.05) is 6.61 Å². The molecule has 0 saturated carbocycles. The van der Waals surface area contributed by atoms with E-state index in [2.05, 4.69) is 0 Å². The van der Waals surface area contributed by atoms with E-state index in [0.717, 1.165) is 16.5 Å². The van der Waals surface area contributed by atoms with Crippen molar-refractivity contribution in [2.45, 2.75) is 31.7 Å². The maximum atomic E-state index is 13.5. The molecule has 4 aromatic rings. The number of carboxylic acid groups (broad SMARTS) is 1. The maximum absolute atomic E-state index is 13.5. The number of aliphatic hydroxyl groups is 1. The molecule has 2 N–H and O–H groups in total. The molecule has 0 aromatic heterocycles. The number of fused-ring (bicyclic) bond motifs is 1. The molecule has 4 aromatic carbocycles. The standard InChI is InChI=1S/C29H25FO5/c30-22-8-4-20(5-9-22)28-25(29(32)33)11-7-19-6-10-24(16-26(19)28)35-17-18-2-1-3-21(14-18)27-15-23(31)12-13-34-27/h1-11,14,16,23,27,31H,12-13,15,17H2,(H,32,33). The van der Waals surface area contributed by atoms with Gasteiger partial charge in [-0.3, -0.25) is 0 Å². The van der Waals surface area contributed by atoms with E-state index in [9.17, 15) is 19.4 Å². The van der Waals surface area contributed by atoms with E-state index in [0.29, 0.717) is 48.3 Å². The van der Waals surface area contributed by atoms with Crippen LogP contribution in [-0.4, -0.2) is 28.9 Å². The molecule has 35 heavy (non-hydrogen) atoms. The number of carboxylic acids is 1. The van der Waals surface area contributed by atoms with Crippen LogP contribution >= 0.6 is 0 Å². The zero-order valence-electron chi connectivity index (χ0n) is 19.0. The highest BCUT2D eigenvalue weighted by Gasteiger charge is 2.22. The van der Waals surface area contributed by atoms with Crippen LogP contribution < -0.4 is 4.74 Å². The molecule has 0 aliphatic carbocycles. The second-order valence-corrected chi connectivity index (χ2v) is 8.75. The van der Waals surface area contributed by atoms with Gasteiger partial charge in [0.05, 0.1) is 17.8 Å². The van der Waals surface area contributed by atoms with E-state index in [1.807, 2.05) is 42.5 Å². The van der Waals surface area contributed by atoms with Crippen LogP contribution in [0.3, 0.4) is 0 Å². The smallest absolute Gasteiger partial charge is 0.336 e. The third kappa shape index (κ3) is 5.04. The third-order valence-electron chi connectivity index (χ3n) is 6.34. The van der Waals surface area contributed by atoms with Crippen molar-refractivity contribution in [2.24, 2.45) is 0 Å². The SMILES string of the molecule is O=C(O)c1ccc2ccc(OCc3cccc(C4CC(O)CCO4)c3)cc2c1-c1ccc(F)cc1. The van der Waals surface area contributed by atoms with Crippen LogP contribution in [-0.2, 0) is 11.3 Å². The summed E-state index contributed by atoms with van der Waals surface area (Å²) < 4.78 is 25.4. The van der Waals surface area contributed by atoms with Gasteiger partial charge in [0.15, 0.2) is 0 Å². The van der Waals surface area contributed by atoms with Crippen LogP contribution in [0.1, 0.15) is 40.4 Å². The molecule has 2 unspecified atom stereocenters. The highest BCUT2D eigenvalue weighted by Crippen LogP contribution is 2.35. The summed E-state index contributed by atoms with van der Waals surface area (Å²) in [6.45, 7) is 0.859. The molecule has 2 atom stereocenters. The molecule has 6 heteroatoms. The van der Waals surface area contributed by atoms with E-state index >= 15 is 0 Å². The van der Waals surface area contributed by atoms with E-state index in [1.54, 1.807) is 24.3 Å². The maximum Gasteiger partial charge on any atom is 0.336 e. The summed E-state index contributed by atoms with van der Waals surface area (Å²) in [7, 11) is 0. The fourth-order valence-electron chi connectivity index (χ4n) is 4.56. The lowest BCUT2D eigenvalue weighted by molar-refractivity contribution is -0.0448. The van der Waals surface area contributed by atoms with Crippen LogP contribution in [0.2, 0.25) is 0 Å². The van der Waals surface area contributed by atoms with Crippen molar-refractivity contribution < 1.29 is 28.9 Å². The Hall–Kier alpha value is -3.74. The topological polar surface area (TPSA) is 76.0 Å². The summed E-state index contributed by atoms with van der Waals surface area (Å²) >= 11 is 0. The van der Waals surface area contributed by atoms with E-state index in [-0.39, 0.29) is 23.6 Å². The largest absolute Gasteiger partial charge is 0.489 e. The first-order valence-electron chi connectivity index (χ1n) is 11.6. The molecule has 1 saturated heterocycles. The molecule has 1 fully saturated rings. The zero-order chi connectivity index (χ0) is 24.4. The van der Waals surface area contributed by atoms with Gasteiger partial charge in [0.1, 0.15) is 18.2 Å². The van der Waals surface area contributed by atoms with Crippen molar-refractivity contribution in [3.05, 3.63) is 101 Å². The molecule has 5 rings (SSSR count). The van der Waals surface area contributed by atoms with Gasteiger partial charge in [-0.2, -0.15) is 0 Å². The van der Waals surface area contributed by atoms with Crippen LogP contribution in [0.5, 0.6) is 5.75 Å². The lowest BCUT2D eigenvalue weighted by Gasteiger charge is -2.27. The van der Waals surface area contributed by atoms with Crippen LogP contribution in [0.15, 0.2) is 78.9 Å². The molecule has 1 aliphatic rings. The van der Waals surface area contributed by atoms with Crippen molar-refractivity contribution in [3.63, 3.8) is 0 Å². The molecule has 0 bridgehead atoms. The Morgan fingerprint density at radius 1 is 1.03 bits per heavy atom. The Morgan fingerprint density at radius 2 is 1.83 bits per heavy atom. The van der Waals surface area contributed by atoms with E-state index < -0.39 is 5.97 Å². The predicted molar refractivity (Wildman–Crippen MR) is 131 cm³/mol. The van der Waals surface area contributed by atoms with Crippen molar-refractivity contribution in [1.29, 1.82) is 0 Å². The summed E-state index contributed by atoms with van der Waals surface area (Å²) in [6, 6.07) is 22.6. The van der Waals surface area contributed by atoms with E-state index in [1.165, 1.54) is 12.1 Å². The van der Waals surface area contributed by atoms with Crippen LogP contribution in [0.4, 0.5) is 4.39 Å². The number of ether oxygens (including phenoxy) is 2. The summed E-state index contributed by atoms with van der Waals surface area (Å²) in [6.07, 6.45) is 0.752. The highest BCUT2D eigenvalue weighted by atomic mass is 19.1. The number of benzene rings is 4. The number of aliphatic hydroxyl groups excluding tert-OH is 1. The summed E-state index contributed by atoms with van der Waals surface area (Å²) in [5.41, 5.74) is 3.25. The molecule has 0 spiro atoms. The van der Waals surface area contributed by atoms with Gasteiger partial charge in [-0.25, -0.2) is 9.18 Å². The van der Waals surface area contributed by atoms with Gasteiger partial charge in [-0.05, 0) is 70.3 Å². The van der Waals surface area contributed by atoms with Gasteiger partial charge in [0.2, 0.25) is 0 Å². The minimum atomic E-state index is -1.05. The highest BCUT2D eigenvalue weighted by molar-refractivity contribution is 6.08. The first-order chi connectivity index (χ1) is 17.0. The van der Waals surface area contributed by atoms with Crippen LogP contribution in [0, 0.1) is 5.82 Å². The quantitative estimate of drug-likeness (QED) is 0.353. The number of halogens is 1. The minimum absolute atomic E-state index is 0.132. The lowest BCUT2D eigenvalue weighted by Crippen LogP contribution is -2.23. The summed E-state index contributed by atoms with van der Waals surface area (Å²) in [4.78, 5) is 12.0. The van der Waals surface area contributed by atoms with Gasteiger partial charge >= 0.3 is 5.97 Å². The summed E-state index contributed by atoms with van der Waals surface area (Å²) in [5, 5.41) is 21.3. The average molecular weight is 473 g/mol. The predicted octanol–water partition coefficient (Wildman–Crippen LogP) is 6.14. The normalized spacial score (nSPS) is 17.9. The Kier molecular flexibility index (Phi) is 6.49. The lowest BCUT2D eigenvalue weighted by atomic mass is 9.93. The Balaban J connectivity index is 1.44. The van der Waals surface area contributed by atoms with Gasteiger partial charge < -0.3 is 19.7 Å². The average Bonchev–Trinajstić information content (AvgIpc) is 2.87. The second kappa shape index (κ2) is 9.86. The zero-order valence-corrected chi connectivity index (χ0v) is 19.0. The number of hydrogen-bond donors (Lipinski definition) is 2. The molecule has 1 aliphatic heterocycles. The third-order valence-corrected chi connectivity index (χ3v) is 6.34. The molecule has 0 amide bonds. The monoisotopic (exact) mass is 472 g/mol. The van der Waals surface area contributed by atoms with E-state index in [4.69, 9.17) is 9.47 Å². The fraction of sp³-hybridized carbons (Fsp3) is 0.207. The minimum Gasteiger partial charge on any atom is -0.489 e. The van der Waals surface area contributed by atoms with Crippen LogP contribution in [0.25, 0.3) is 21.9 Å². The molecule has 178 valence electrons. The second-order valence-electron chi connectivity index (χ2n) is 8.75. The number of rotatable bonds is 6. The van der Waals surface area contributed by atoms with Gasteiger partial charge in [0, 0.05) is 18.6 Å².